The van der Waals surface area contributed by atoms with E-state index < -0.39 is 0 Å². The van der Waals surface area contributed by atoms with Crippen LogP contribution in [0.4, 0.5) is 5.69 Å². The van der Waals surface area contributed by atoms with Gasteiger partial charge in [-0.3, -0.25) is 4.79 Å². The first-order valence-electron chi connectivity index (χ1n) is 5.45. The lowest BCUT2D eigenvalue weighted by Gasteiger charge is -2.15. The molecular formula is C12H17BrN2O. The molecule has 0 bridgehead atoms. The maximum Gasteiger partial charge on any atom is 0.252 e. The summed E-state index contributed by atoms with van der Waals surface area (Å²) in [5, 5.41) is 2.98. The third kappa shape index (κ3) is 2.98. The molecule has 0 spiro atoms. The first-order chi connectivity index (χ1) is 7.60. The molecule has 1 aromatic rings. The molecule has 0 aromatic heterocycles. The van der Waals surface area contributed by atoms with Crippen molar-refractivity contribution >= 4 is 27.5 Å². The minimum absolute atomic E-state index is 0.0760. The minimum atomic E-state index is -0.0760. The van der Waals surface area contributed by atoms with Gasteiger partial charge in [0.15, 0.2) is 0 Å². The van der Waals surface area contributed by atoms with E-state index in [1.54, 1.807) is 18.2 Å². The van der Waals surface area contributed by atoms with Gasteiger partial charge in [-0.15, -0.1) is 0 Å². The molecule has 0 saturated carbocycles. The quantitative estimate of drug-likeness (QED) is 0.836. The van der Waals surface area contributed by atoms with Crippen molar-refractivity contribution in [2.45, 2.75) is 32.7 Å². The Bertz CT molecular complexity index is 375. The summed E-state index contributed by atoms with van der Waals surface area (Å²) < 4.78 is 0.665. The number of carbonyl (C=O) groups is 1. The number of halogens is 1. The van der Waals surface area contributed by atoms with Crippen LogP contribution in [0, 0.1) is 0 Å². The number of hydrogen-bond donors (Lipinski definition) is 2. The largest absolute Gasteiger partial charge is 0.398 e. The lowest BCUT2D eigenvalue weighted by atomic mass is 10.1. The molecule has 16 heavy (non-hydrogen) atoms. The number of amides is 1. The van der Waals surface area contributed by atoms with Crippen LogP contribution >= 0.6 is 15.9 Å². The molecule has 0 fully saturated rings. The van der Waals surface area contributed by atoms with Crippen molar-refractivity contribution < 1.29 is 4.79 Å². The van der Waals surface area contributed by atoms with Gasteiger partial charge in [-0.1, -0.05) is 19.9 Å². The van der Waals surface area contributed by atoms with E-state index in [0.29, 0.717) is 15.7 Å². The van der Waals surface area contributed by atoms with Gasteiger partial charge in [0.05, 0.1) is 10.0 Å². The highest BCUT2D eigenvalue weighted by Crippen LogP contribution is 2.23. The second kappa shape index (κ2) is 5.89. The molecule has 0 aliphatic rings. The summed E-state index contributed by atoms with van der Waals surface area (Å²) >= 11 is 3.33. The smallest absolute Gasteiger partial charge is 0.252 e. The van der Waals surface area contributed by atoms with Crippen LogP contribution in [0.2, 0.25) is 0 Å². The van der Waals surface area contributed by atoms with E-state index in [-0.39, 0.29) is 11.9 Å². The maximum atomic E-state index is 11.9. The zero-order valence-electron chi connectivity index (χ0n) is 9.59. The summed E-state index contributed by atoms with van der Waals surface area (Å²) in [5.41, 5.74) is 6.90. The molecule has 0 radical (unpaired) electrons. The monoisotopic (exact) mass is 284 g/mol. The molecule has 0 saturated heterocycles. The highest BCUT2D eigenvalue weighted by atomic mass is 79.9. The fourth-order valence-electron chi connectivity index (χ4n) is 1.48. The summed E-state index contributed by atoms with van der Waals surface area (Å²) in [7, 11) is 0. The van der Waals surface area contributed by atoms with Crippen molar-refractivity contribution in [2.75, 3.05) is 5.73 Å². The Balaban J connectivity index is 2.84. The van der Waals surface area contributed by atoms with Crippen LogP contribution < -0.4 is 11.1 Å². The van der Waals surface area contributed by atoms with Crippen LogP contribution in [0.5, 0.6) is 0 Å². The van der Waals surface area contributed by atoms with Gasteiger partial charge in [0.1, 0.15) is 0 Å². The molecule has 4 heteroatoms. The SMILES string of the molecule is CCC(CC)NC(=O)c1cccc(N)c1Br. The van der Waals surface area contributed by atoms with E-state index in [9.17, 15) is 4.79 Å². The van der Waals surface area contributed by atoms with Crippen molar-refractivity contribution in [3.63, 3.8) is 0 Å². The molecule has 0 aliphatic carbocycles. The van der Waals surface area contributed by atoms with Crippen LogP contribution in [0.25, 0.3) is 0 Å². The van der Waals surface area contributed by atoms with Gasteiger partial charge in [0, 0.05) is 11.7 Å². The summed E-state index contributed by atoms with van der Waals surface area (Å²) in [6.07, 6.45) is 1.87. The van der Waals surface area contributed by atoms with E-state index in [1.165, 1.54) is 0 Å². The molecule has 0 heterocycles. The van der Waals surface area contributed by atoms with Crippen molar-refractivity contribution in [3.05, 3.63) is 28.2 Å². The Morgan fingerprint density at radius 1 is 1.44 bits per heavy atom. The molecule has 0 aliphatic heterocycles. The average Bonchev–Trinajstić information content (AvgIpc) is 2.29. The summed E-state index contributed by atoms with van der Waals surface area (Å²) in [6, 6.07) is 5.53. The summed E-state index contributed by atoms with van der Waals surface area (Å²) in [6.45, 7) is 4.12. The second-order valence-electron chi connectivity index (χ2n) is 3.70. The van der Waals surface area contributed by atoms with Gasteiger partial charge in [-0.25, -0.2) is 0 Å². The molecule has 1 rings (SSSR count). The van der Waals surface area contributed by atoms with Crippen molar-refractivity contribution in [2.24, 2.45) is 0 Å². The molecular weight excluding hydrogens is 268 g/mol. The van der Waals surface area contributed by atoms with Gasteiger partial charge in [-0.2, -0.15) is 0 Å². The molecule has 0 atom stereocenters. The Hall–Kier alpha value is -1.03. The highest BCUT2D eigenvalue weighted by molar-refractivity contribution is 9.10. The van der Waals surface area contributed by atoms with E-state index in [1.807, 2.05) is 0 Å². The molecule has 1 aromatic carbocycles. The standard InChI is InChI=1S/C12H17BrN2O/c1-3-8(4-2)15-12(16)9-6-5-7-10(14)11(9)13/h5-8H,3-4,14H2,1-2H3,(H,15,16). The first kappa shape index (κ1) is 13.0. The number of rotatable bonds is 4. The van der Waals surface area contributed by atoms with E-state index in [4.69, 9.17) is 5.73 Å². The van der Waals surface area contributed by atoms with Gasteiger partial charge in [0.25, 0.3) is 5.91 Å². The van der Waals surface area contributed by atoms with E-state index >= 15 is 0 Å². The lowest BCUT2D eigenvalue weighted by Crippen LogP contribution is -2.34. The summed E-state index contributed by atoms with van der Waals surface area (Å²) in [4.78, 5) is 11.9. The predicted octanol–water partition coefficient (Wildman–Crippen LogP) is 2.95. The minimum Gasteiger partial charge on any atom is -0.398 e. The third-order valence-corrected chi connectivity index (χ3v) is 3.48. The van der Waals surface area contributed by atoms with Crippen LogP contribution in [-0.2, 0) is 0 Å². The highest BCUT2D eigenvalue weighted by Gasteiger charge is 2.14. The molecule has 3 N–H and O–H groups in total. The zero-order valence-corrected chi connectivity index (χ0v) is 11.2. The lowest BCUT2D eigenvalue weighted by molar-refractivity contribution is 0.0934. The van der Waals surface area contributed by atoms with Crippen LogP contribution in [0.15, 0.2) is 22.7 Å². The van der Waals surface area contributed by atoms with Crippen LogP contribution in [0.1, 0.15) is 37.0 Å². The fraction of sp³-hybridized carbons (Fsp3) is 0.417. The van der Waals surface area contributed by atoms with Crippen molar-refractivity contribution in [1.82, 2.24) is 5.32 Å². The number of nitrogens with one attached hydrogen (secondary N) is 1. The number of hydrogen-bond acceptors (Lipinski definition) is 2. The first-order valence-corrected chi connectivity index (χ1v) is 6.24. The van der Waals surface area contributed by atoms with E-state index in [0.717, 1.165) is 12.8 Å². The maximum absolute atomic E-state index is 11.9. The number of nitrogen functional groups attached to an aromatic ring is 1. The molecule has 3 nitrogen and oxygen atoms in total. The van der Waals surface area contributed by atoms with Crippen LogP contribution in [0.3, 0.4) is 0 Å². The Morgan fingerprint density at radius 2 is 2.06 bits per heavy atom. The predicted molar refractivity (Wildman–Crippen MR) is 70.4 cm³/mol. The molecule has 1 amide bonds. The average molecular weight is 285 g/mol. The van der Waals surface area contributed by atoms with Gasteiger partial charge >= 0.3 is 0 Å². The van der Waals surface area contributed by atoms with Crippen molar-refractivity contribution in [1.29, 1.82) is 0 Å². The third-order valence-electron chi connectivity index (χ3n) is 2.59. The number of nitrogens with two attached hydrogens (primary N) is 1. The van der Waals surface area contributed by atoms with Gasteiger partial charge in [0.2, 0.25) is 0 Å². The zero-order chi connectivity index (χ0) is 12.1. The summed E-state index contributed by atoms with van der Waals surface area (Å²) in [5.74, 6) is -0.0760. The molecule has 0 unspecified atom stereocenters. The van der Waals surface area contributed by atoms with E-state index in [2.05, 4.69) is 35.1 Å². The number of carbonyl (C=O) groups excluding carboxylic acids is 1. The van der Waals surface area contributed by atoms with Crippen LogP contribution in [-0.4, -0.2) is 11.9 Å². The molecule has 88 valence electrons. The number of anilines is 1. The normalized spacial score (nSPS) is 10.5. The topological polar surface area (TPSA) is 55.1 Å². The Labute approximate surface area is 105 Å². The fourth-order valence-corrected chi connectivity index (χ4v) is 1.93. The number of benzene rings is 1. The second-order valence-corrected chi connectivity index (χ2v) is 4.49. The van der Waals surface area contributed by atoms with Gasteiger partial charge < -0.3 is 11.1 Å². The van der Waals surface area contributed by atoms with Gasteiger partial charge in [-0.05, 0) is 40.9 Å². The Kier molecular flexibility index (Phi) is 4.80. The Morgan fingerprint density at radius 3 is 2.62 bits per heavy atom. The van der Waals surface area contributed by atoms with Crippen molar-refractivity contribution in [3.8, 4) is 0 Å².